The lowest BCUT2D eigenvalue weighted by atomic mass is 10.1. The fraction of sp³-hybridized carbons (Fsp3) is 0.318. The van der Waals surface area contributed by atoms with Gasteiger partial charge in [0.2, 0.25) is 5.88 Å². The monoisotopic (exact) mass is 363 g/mol. The summed E-state index contributed by atoms with van der Waals surface area (Å²) < 4.78 is 5.79. The largest absolute Gasteiger partial charge is 0.473 e. The Labute approximate surface area is 159 Å². The summed E-state index contributed by atoms with van der Waals surface area (Å²) in [6, 6.07) is 9.72. The van der Waals surface area contributed by atoms with E-state index in [-0.39, 0.29) is 23.6 Å². The molecule has 2 aromatic carbocycles. The lowest BCUT2D eigenvalue weighted by Crippen LogP contribution is -2.19. The van der Waals surface area contributed by atoms with E-state index in [1.807, 2.05) is 71.9 Å². The molecule has 0 saturated carbocycles. The molecule has 5 nitrogen and oxygen atoms in total. The fourth-order valence-electron chi connectivity index (χ4n) is 2.76. The van der Waals surface area contributed by atoms with Crippen LogP contribution >= 0.6 is 0 Å². The van der Waals surface area contributed by atoms with E-state index in [0.717, 1.165) is 27.9 Å². The number of hydrogen-bond donors (Lipinski definition) is 1. The Kier molecular flexibility index (Phi) is 5.13. The zero-order valence-electron chi connectivity index (χ0n) is 16.7. The fourth-order valence-corrected chi connectivity index (χ4v) is 2.76. The van der Waals surface area contributed by atoms with Crippen LogP contribution in [0.3, 0.4) is 0 Å². The predicted molar refractivity (Wildman–Crippen MR) is 109 cm³/mol. The van der Waals surface area contributed by atoms with Crippen molar-refractivity contribution in [2.75, 3.05) is 5.32 Å². The molecule has 1 N–H and O–H groups in total. The third-order valence-electron chi connectivity index (χ3n) is 4.57. The highest BCUT2D eigenvalue weighted by atomic mass is 16.5. The number of ether oxygens (including phenoxy) is 1. The van der Waals surface area contributed by atoms with Crippen molar-refractivity contribution in [2.45, 2.75) is 47.6 Å². The Morgan fingerprint density at radius 2 is 1.48 bits per heavy atom. The van der Waals surface area contributed by atoms with Gasteiger partial charge in [-0.2, -0.15) is 0 Å². The van der Waals surface area contributed by atoms with E-state index >= 15 is 0 Å². The molecule has 0 radical (unpaired) electrons. The third kappa shape index (κ3) is 4.08. The number of nitrogens with zero attached hydrogens (tertiary/aromatic N) is 2. The minimum atomic E-state index is -0.332. The maximum Gasteiger partial charge on any atom is 0.279 e. The minimum absolute atomic E-state index is 0.114. The first-order chi connectivity index (χ1) is 12.7. The van der Waals surface area contributed by atoms with Gasteiger partial charge >= 0.3 is 0 Å². The van der Waals surface area contributed by atoms with Crippen LogP contribution in [-0.4, -0.2) is 22.0 Å². The molecule has 0 aliphatic carbocycles. The van der Waals surface area contributed by atoms with Crippen LogP contribution in [0.25, 0.3) is 11.0 Å². The van der Waals surface area contributed by atoms with Gasteiger partial charge in [0.25, 0.3) is 5.91 Å². The third-order valence-corrected chi connectivity index (χ3v) is 4.57. The van der Waals surface area contributed by atoms with Crippen molar-refractivity contribution < 1.29 is 9.53 Å². The van der Waals surface area contributed by atoms with Crippen molar-refractivity contribution in [3.05, 3.63) is 58.3 Å². The van der Waals surface area contributed by atoms with Gasteiger partial charge in [-0.15, -0.1) is 0 Å². The summed E-state index contributed by atoms with van der Waals surface area (Å²) in [5.41, 5.74) is 6.83. The summed E-state index contributed by atoms with van der Waals surface area (Å²) in [7, 11) is 0. The van der Waals surface area contributed by atoms with Gasteiger partial charge in [0.05, 0.1) is 17.1 Å². The molecular weight excluding hydrogens is 338 g/mol. The molecule has 1 heterocycles. The van der Waals surface area contributed by atoms with E-state index in [1.54, 1.807) is 0 Å². The lowest BCUT2D eigenvalue weighted by molar-refractivity contribution is 0.101. The number of aryl methyl sites for hydroxylation is 4. The molecule has 5 heteroatoms. The Hall–Kier alpha value is -2.95. The standard InChI is InChI=1S/C22H25N3O2/c1-12(2)27-22-20(21(26)23-17-8-7-13(3)14(4)9-17)24-18-10-15(5)16(6)11-19(18)25-22/h7-12H,1-6H3,(H,23,26). The number of amides is 1. The molecule has 27 heavy (non-hydrogen) atoms. The number of anilines is 1. The van der Waals surface area contributed by atoms with Crippen molar-refractivity contribution >= 4 is 22.6 Å². The van der Waals surface area contributed by atoms with E-state index in [2.05, 4.69) is 15.3 Å². The number of rotatable bonds is 4. The van der Waals surface area contributed by atoms with E-state index in [9.17, 15) is 4.79 Å². The second-order valence-corrected chi connectivity index (χ2v) is 7.22. The Bertz CT molecular complexity index is 1030. The molecule has 140 valence electrons. The van der Waals surface area contributed by atoms with Gasteiger partial charge in [0, 0.05) is 5.69 Å². The average molecular weight is 363 g/mol. The molecule has 0 spiro atoms. The summed E-state index contributed by atoms with van der Waals surface area (Å²) in [4.78, 5) is 22.0. The molecular formula is C22H25N3O2. The van der Waals surface area contributed by atoms with Crippen molar-refractivity contribution in [3.8, 4) is 5.88 Å². The second kappa shape index (κ2) is 7.35. The molecule has 0 atom stereocenters. The molecule has 0 saturated heterocycles. The zero-order valence-corrected chi connectivity index (χ0v) is 16.7. The van der Waals surface area contributed by atoms with Gasteiger partial charge < -0.3 is 10.1 Å². The Balaban J connectivity index is 2.05. The maximum atomic E-state index is 12.9. The zero-order chi connectivity index (χ0) is 19.7. The number of carbonyl (C=O) groups excluding carboxylic acids is 1. The molecule has 0 unspecified atom stereocenters. The quantitative estimate of drug-likeness (QED) is 0.716. The van der Waals surface area contributed by atoms with Crippen molar-refractivity contribution in [2.24, 2.45) is 0 Å². The van der Waals surface area contributed by atoms with E-state index in [0.29, 0.717) is 5.52 Å². The second-order valence-electron chi connectivity index (χ2n) is 7.22. The number of benzene rings is 2. The first-order valence-electron chi connectivity index (χ1n) is 9.09. The van der Waals surface area contributed by atoms with Gasteiger partial charge in [-0.3, -0.25) is 4.79 Å². The number of aromatic nitrogens is 2. The van der Waals surface area contributed by atoms with Crippen LogP contribution in [0.15, 0.2) is 30.3 Å². The highest BCUT2D eigenvalue weighted by molar-refractivity contribution is 6.05. The number of fused-ring (bicyclic) bond motifs is 1. The number of hydrogen-bond acceptors (Lipinski definition) is 4. The Morgan fingerprint density at radius 3 is 2.07 bits per heavy atom. The van der Waals surface area contributed by atoms with E-state index in [1.165, 1.54) is 5.56 Å². The molecule has 1 amide bonds. The van der Waals surface area contributed by atoms with Gasteiger partial charge in [0.1, 0.15) is 0 Å². The van der Waals surface area contributed by atoms with Gasteiger partial charge in [-0.25, -0.2) is 9.97 Å². The summed E-state index contributed by atoms with van der Waals surface area (Å²) in [6.45, 7) is 11.9. The SMILES string of the molecule is Cc1ccc(NC(=O)c2nc3cc(C)c(C)cc3nc2OC(C)C)cc1C. The highest BCUT2D eigenvalue weighted by Gasteiger charge is 2.20. The smallest absolute Gasteiger partial charge is 0.279 e. The Morgan fingerprint density at radius 1 is 0.889 bits per heavy atom. The van der Waals surface area contributed by atoms with Crippen molar-refractivity contribution in [1.82, 2.24) is 9.97 Å². The highest BCUT2D eigenvalue weighted by Crippen LogP contribution is 2.24. The molecule has 1 aromatic heterocycles. The minimum Gasteiger partial charge on any atom is -0.473 e. The molecule has 0 fully saturated rings. The maximum absolute atomic E-state index is 12.9. The molecule has 0 aliphatic rings. The van der Waals surface area contributed by atoms with Gasteiger partial charge in [0.15, 0.2) is 5.69 Å². The summed E-state index contributed by atoms with van der Waals surface area (Å²) in [5, 5.41) is 2.91. The summed E-state index contributed by atoms with van der Waals surface area (Å²) in [6.07, 6.45) is -0.114. The van der Waals surface area contributed by atoms with Crippen LogP contribution < -0.4 is 10.1 Å². The van der Waals surface area contributed by atoms with Crippen LogP contribution in [0.2, 0.25) is 0 Å². The van der Waals surface area contributed by atoms with Gasteiger partial charge in [-0.05, 0) is 88.1 Å². The molecule has 3 rings (SSSR count). The lowest BCUT2D eigenvalue weighted by Gasteiger charge is -2.14. The summed E-state index contributed by atoms with van der Waals surface area (Å²) in [5.74, 6) is -0.0800. The van der Waals surface area contributed by atoms with Crippen LogP contribution in [0.5, 0.6) is 5.88 Å². The summed E-state index contributed by atoms with van der Waals surface area (Å²) >= 11 is 0. The first-order valence-corrected chi connectivity index (χ1v) is 9.09. The number of carbonyl (C=O) groups is 1. The molecule has 0 aliphatic heterocycles. The van der Waals surface area contributed by atoms with E-state index < -0.39 is 0 Å². The normalized spacial score (nSPS) is 11.1. The molecule has 3 aromatic rings. The molecule has 0 bridgehead atoms. The average Bonchev–Trinajstić information content (AvgIpc) is 2.58. The van der Waals surface area contributed by atoms with Crippen LogP contribution in [-0.2, 0) is 0 Å². The van der Waals surface area contributed by atoms with Crippen LogP contribution in [0.4, 0.5) is 5.69 Å². The van der Waals surface area contributed by atoms with Crippen molar-refractivity contribution in [3.63, 3.8) is 0 Å². The van der Waals surface area contributed by atoms with Crippen LogP contribution in [0, 0.1) is 27.7 Å². The van der Waals surface area contributed by atoms with E-state index in [4.69, 9.17) is 4.74 Å². The topological polar surface area (TPSA) is 64.1 Å². The predicted octanol–water partition coefficient (Wildman–Crippen LogP) is 4.90. The van der Waals surface area contributed by atoms with Crippen molar-refractivity contribution in [1.29, 1.82) is 0 Å². The first kappa shape index (κ1) is 18.8. The number of nitrogens with one attached hydrogen (secondary N) is 1. The van der Waals surface area contributed by atoms with Gasteiger partial charge in [-0.1, -0.05) is 6.07 Å². The van der Waals surface area contributed by atoms with Crippen LogP contribution in [0.1, 0.15) is 46.6 Å².